The van der Waals surface area contributed by atoms with Crippen LogP contribution in [0.4, 0.5) is 24.5 Å². The fourth-order valence-electron chi connectivity index (χ4n) is 1.84. The van der Waals surface area contributed by atoms with Gasteiger partial charge < -0.3 is 5.11 Å². The van der Waals surface area contributed by atoms with E-state index in [2.05, 4.69) is 0 Å². The van der Waals surface area contributed by atoms with Crippen molar-refractivity contribution in [3.8, 4) is 5.75 Å². The van der Waals surface area contributed by atoms with Gasteiger partial charge in [-0.3, -0.25) is 14.8 Å². The van der Waals surface area contributed by atoms with Crippen molar-refractivity contribution in [1.29, 1.82) is 0 Å². The van der Waals surface area contributed by atoms with Gasteiger partial charge in [-0.05, 0) is 30.3 Å². The van der Waals surface area contributed by atoms with Crippen LogP contribution in [0.2, 0.25) is 5.02 Å². The van der Waals surface area contributed by atoms with Gasteiger partial charge >= 0.3 is 11.9 Å². The fraction of sp³-hybridized carbons (Fsp3) is 0.0769. The van der Waals surface area contributed by atoms with Gasteiger partial charge in [-0.15, -0.1) is 0 Å². The molecule has 0 atom stereocenters. The lowest BCUT2D eigenvalue weighted by Crippen LogP contribution is -2.14. The van der Waals surface area contributed by atoms with E-state index in [0.29, 0.717) is 12.1 Å². The van der Waals surface area contributed by atoms with Gasteiger partial charge in [-0.1, -0.05) is 11.6 Å². The van der Waals surface area contributed by atoms with Gasteiger partial charge in [0.05, 0.1) is 20.4 Å². The molecular weight excluding hydrogens is 389 g/mol. The number of sulfonamides is 1. The van der Waals surface area contributed by atoms with Gasteiger partial charge in [0, 0.05) is 11.8 Å². The van der Waals surface area contributed by atoms with E-state index in [0.717, 1.165) is 24.3 Å². The molecule has 12 heteroatoms. The number of hydrogen-bond acceptors (Lipinski definition) is 5. The van der Waals surface area contributed by atoms with Crippen molar-refractivity contribution < 1.29 is 31.6 Å². The molecule has 0 spiro atoms. The van der Waals surface area contributed by atoms with Crippen molar-refractivity contribution in [2.75, 3.05) is 4.72 Å². The number of phenolic OH excluding ortho intramolecular Hbond substituents is 1. The predicted molar refractivity (Wildman–Crippen MR) is 82.0 cm³/mol. The molecule has 7 nitrogen and oxygen atoms in total. The lowest BCUT2D eigenvalue weighted by Gasteiger charge is -2.13. The average Bonchev–Trinajstić information content (AvgIpc) is 2.47. The molecule has 0 saturated heterocycles. The molecule has 0 unspecified atom stereocenters. The Morgan fingerprint density at radius 2 is 1.80 bits per heavy atom. The molecule has 0 aromatic heterocycles. The summed E-state index contributed by atoms with van der Waals surface area (Å²) in [4.78, 5) is 9.13. The Bertz CT molecular complexity index is 947. The van der Waals surface area contributed by atoms with Crippen LogP contribution in [0.5, 0.6) is 5.75 Å². The summed E-state index contributed by atoms with van der Waals surface area (Å²) in [6, 6.07) is 4.60. The monoisotopic (exact) mass is 396 g/mol. The van der Waals surface area contributed by atoms with Crippen molar-refractivity contribution in [2.45, 2.75) is 11.1 Å². The third-order valence-electron chi connectivity index (χ3n) is 2.98. The molecule has 0 aliphatic carbocycles. The van der Waals surface area contributed by atoms with Crippen LogP contribution in [0.25, 0.3) is 0 Å². The highest BCUT2D eigenvalue weighted by molar-refractivity contribution is 7.92. The van der Waals surface area contributed by atoms with Crippen LogP contribution in [-0.2, 0) is 16.2 Å². The quantitative estimate of drug-likeness (QED) is 0.603. The first-order chi connectivity index (χ1) is 11.4. The number of anilines is 1. The molecule has 0 amide bonds. The number of aromatic hydroxyl groups is 1. The second-order valence-electron chi connectivity index (χ2n) is 4.71. The number of rotatable bonds is 4. The minimum absolute atomic E-state index is 0.438. The predicted octanol–water partition coefficient (Wildman–Crippen LogP) is 3.77. The SMILES string of the molecule is O=[N+]([O-])c1cc(S(=O)(=O)Nc2ccc(Cl)c(C(F)(F)F)c2)ccc1O. The van der Waals surface area contributed by atoms with Crippen LogP contribution < -0.4 is 4.72 Å². The summed E-state index contributed by atoms with van der Waals surface area (Å²) in [5.41, 5.74) is -2.55. The Morgan fingerprint density at radius 1 is 1.16 bits per heavy atom. The van der Waals surface area contributed by atoms with E-state index in [9.17, 15) is 36.8 Å². The highest BCUT2D eigenvalue weighted by Crippen LogP contribution is 2.37. The molecule has 0 aliphatic heterocycles. The van der Waals surface area contributed by atoms with E-state index < -0.39 is 53.7 Å². The number of halogens is 4. The van der Waals surface area contributed by atoms with E-state index >= 15 is 0 Å². The molecule has 0 bridgehead atoms. The fourth-order valence-corrected chi connectivity index (χ4v) is 3.13. The second kappa shape index (κ2) is 6.41. The van der Waals surface area contributed by atoms with Crippen molar-refractivity contribution in [1.82, 2.24) is 0 Å². The van der Waals surface area contributed by atoms with Crippen LogP contribution in [-0.4, -0.2) is 18.4 Å². The summed E-state index contributed by atoms with van der Waals surface area (Å²) < 4.78 is 64.7. The smallest absolute Gasteiger partial charge is 0.417 e. The maximum atomic E-state index is 12.8. The van der Waals surface area contributed by atoms with E-state index in [1.807, 2.05) is 4.72 Å². The van der Waals surface area contributed by atoms with E-state index in [1.54, 1.807) is 0 Å². The van der Waals surface area contributed by atoms with Crippen molar-refractivity contribution in [3.63, 3.8) is 0 Å². The molecule has 2 N–H and O–H groups in total. The molecule has 0 fully saturated rings. The van der Waals surface area contributed by atoms with Crippen LogP contribution in [0.3, 0.4) is 0 Å². The van der Waals surface area contributed by atoms with Gasteiger partial charge in [-0.2, -0.15) is 13.2 Å². The summed E-state index contributed by atoms with van der Waals surface area (Å²) >= 11 is 5.44. The minimum Gasteiger partial charge on any atom is -0.502 e. The molecule has 2 rings (SSSR count). The lowest BCUT2D eigenvalue weighted by molar-refractivity contribution is -0.386. The summed E-state index contributed by atoms with van der Waals surface area (Å²) in [6.45, 7) is 0. The van der Waals surface area contributed by atoms with Crippen LogP contribution in [0, 0.1) is 10.1 Å². The Kier molecular flexibility index (Phi) is 4.82. The number of phenols is 1. The summed E-state index contributed by atoms with van der Waals surface area (Å²) in [6.07, 6.45) is -4.80. The Morgan fingerprint density at radius 3 is 2.36 bits per heavy atom. The summed E-state index contributed by atoms with van der Waals surface area (Å²) in [7, 11) is -4.44. The number of nitrogens with zero attached hydrogens (tertiary/aromatic N) is 1. The molecule has 0 aliphatic rings. The van der Waals surface area contributed by atoms with E-state index in [1.165, 1.54) is 0 Å². The molecular formula is C13H8ClF3N2O5S. The van der Waals surface area contributed by atoms with Crippen LogP contribution in [0.1, 0.15) is 5.56 Å². The first-order valence-electron chi connectivity index (χ1n) is 6.29. The molecule has 2 aromatic rings. The van der Waals surface area contributed by atoms with Gasteiger partial charge in [0.2, 0.25) is 0 Å². The number of benzene rings is 2. The molecule has 0 radical (unpaired) electrons. The third-order valence-corrected chi connectivity index (χ3v) is 4.69. The second-order valence-corrected chi connectivity index (χ2v) is 6.80. The molecule has 25 heavy (non-hydrogen) atoms. The number of nitrogens with one attached hydrogen (secondary N) is 1. The van der Waals surface area contributed by atoms with Gasteiger partial charge in [0.15, 0.2) is 5.75 Å². The Labute approximate surface area is 143 Å². The number of alkyl halides is 3. The zero-order valence-electron chi connectivity index (χ0n) is 11.9. The topological polar surface area (TPSA) is 110 Å². The van der Waals surface area contributed by atoms with Gasteiger partial charge in [-0.25, -0.2) is 8.42 Å². The maximum Gasteiger partial charge on any atom is 0.417 e. The average molecular weight is 397 g/mol. The standard InChI is InChI=1S/C13H8ClF3N2O5S/c14-10-3-1-7(5-9(10)13(15,16)17)18-25(23,24)8-2-4-12(20)11(6-8)19(21)22/h1-6,18,20H. The summed E-state index contributed by atoms with van der Waals surface area (Å²) in [5, 5.41) is 19.4. The highest BCUT2D eigenvalue weighted by Gasteiger charge is 2.33. The largest absolute Gasteiger partial charge is 0.502 e. The molecule has 2 aromatic carbocycles. The Balaban J connectivity index is 2.43. The maximum absolute atomic E-state index is 12.8. The van der Waals surface area contributed by atoms with Crippen molar-refractivity contribution in [3.05, 3.63) is 57.1 Å². The number of nitro benzene ring substituents is 1. The van der Waals surface area contributed by atoms with Crippen LogP contribution >= 0.6 is 11.6 Å². The van der Waals surface area contributed by atoms with E-state index in [4.69, 9.17) is 11.6 Å². The summed E-state index contributed by atoms with van der Waals surface area (Å²) in [5.74, 6) is -0.755. The Hall–Kier alpha value is -2.53. The molecule has 134 valence electrons. The van der Waals surface area contributed by atoms with Gasteiger partial charge in [0.1, 0.15) is 0 Å². The highest BCUT2D eigenvalue weighted by atomic mass is 35.5. The van der Waals surface area contributed by atoms with Crippen molar-refractivity contribution >= 4 is 33.0 Å². The van der Waals surface area contributed by atoms with Crippen molar-refractivity contribution in [2.24, 2.45) is 0 Å². The van der Waals surface area contributed by atoms with Crippen LogP contribution in [0.15, 0.2) is 41.3 Å². The zero-order chi connectivity index (χ0) is 19.0. The number of hydrogen-bond donors (Lipinski definition) is 2. The lowest BCUT2D eigenvalue weighted by atomic mass is 10.2. The number of nitro groups is 1. The minimum atomic E-state index is -4.80. The van der Waals surface area contributed by atoms with Gasteiger partial charge in [0.25, 0.3) is 10.0 Å². The third kappa shape index (κ3) is 4.12. The van der Waals surface area contributed by atoms with E-state index in [-0.39, 0.29) is 0 Å². The normalized spacial score (nSPS) is 12.0. The zero-order valence-corrected chi connectivity index (χ0v) is 13.5. The molecule has 0 saturated carbocycles. The first-order valence-corrected chi connectivity index (χ1v) is 8.15. The first kappa shape index (κ1) is 18.8. The molecule has 0 heterocycles.